The maximum atomic E-state index is 11.9. The van der Waals surface area contributed by atoms with E-state index in [2.05, 4.69) is 9.88 Å². The third-order valence-corrected chi connectivity index (χ3v) is 3.37. The summed E-state index contributed by atoms with van der Waals surface area (Å²) in [5, 5.41) is 0. The third-order valence-electron chi connectivity index (χ3n) is 3.37. The molecule has 0 spiro atoms. The lowest BCUT2D eigenvalue weighted by Gasteiger charge is -2.33. The standard InChI is InChI=1S/C13H20N2O3/c1-3-17-13(16)12-6-4-5-7-15(12)8-11-10(2)18-9-14-11/h9,12H,3-8H2,1-2H3. The Morgan fingerprint density at radius 1 is 1.61 bits per heavy atom. The van der Waals surface area contributed by atoms with Gasteiger partial charge in [0.2, 0.25) is 0 Å². The van der Waals surface area contributed by atoms with Crippen LogP contribution >= 0.6 is 0 Å². The first kappa shape index (κ1) is 13.1. The summed E-state index contributed by atoms with van der Waals surface area (Å²) in [6.07, 6.45) is 4.52. The van der Waals surface area contributed by atoms with Crippen molar-refractivity contribution in [1.82, 2.24) is 9.88 Å². The van der Waals surface area contributed by atoms with Gasteiger partial charge in [-0.05, 0) is 33.2 Å². The van der Waals surface area contributed by atoms with E-state index >= 15 is 0 Å². The molecule has 2 rings (SSSR count). The summed E-state index contributed by atoms with van der Waals surface area (Å²) in [4.78, 5) is 18.2. The Kier molecular flexibility index (Phi) is 4.36. The number of aromatic nitrogens is 1. The number of likely N-dealkylation sites (tertiary alicyclic amines) is 1. The van der Waals surface area contributed by atoms with E-state index in [9.17, 15) is 4.79 Å². The molecule has 18 heavy (non-hydrogen) atoms. The fraction of sp³-hybridized carbons (Fsp3) is 0.692. The smallest absolute Gasteiger partial charge is 0.323 e. The van der Waals surface area contributed by atoms with Crippen LogP contribution < -0.4 is 0 Å². The SMILES string of the molecule is CCOC(=O)C1CCCCN1Cc1ncoc1C. The van der Waals surface area contributed by atoms with Crippen LogP contribution in [0.2, 0.25) is 0 Å². The molecule has 0 bridgehead atoms. The first-order valence-corrected chi connectivity index (χ1v) is 6.52. The molecular formula is C13H20N2O3. The van der Waals surface area contributed by atoms with Crippen molar-refractivity contribution >= 4 is 5.97 Å². The molecule has 1 atom stereocenters. The van der Waals surface area contributed by atoms with Crippen LogP contribution in [0.5, 0.6) is 0 Å². The molecule has 1 aliphatic rings. The molecule has 2 heterocycles. The van der Waals surface area contributed by atoms with Gasteiger partial charge in [-0.3, -0.25) is 9.69 Å². The van der Waals surface area contributed by atoms with Gasteiger partial charge in [0.25, 0.3) is 0 Å². The maximum absolute atomic E-state index is 11.9. The first-order chi connectivity index (χ1) is 8.72. The second-order valence-electron chi connectivity index (χ2n) is 4.59. The lowest BCUT2D eigenvalue weighted by Crippen LogP contribution is -2.45. The van der Waals surface area contributed by atoms with Gasteiger partial charge in [0.05, 0.1) is 12.3 Å². The van der Waals surface area contributed by atoms with Crippen LogP contribution in [0.15, 0.2) is 10.8 Å². The zero-order chi connectivity index (χ0) is 13.0. The lowest BCUT2D eigenvalue weighted by atomic mass is 10.0. The Bertz CT molecular complexity index is 403. The molecule has 5 heteroatoms. The number of rotatable bonds is 4. The number of carbonyl (C=O) groups excluding carboxylic acids is 1. The van der Waals surface area contributed by atoms with Crippen molar-refractivity contribution in [2.45, 2.75) is 45.7 Å². The van der Waals surface area contributed by atoms with Crippen molar-refractivity contribution in [1.29, 1.82) is 0 Å². The quantitative estimate of drug-likeness (QED) is 0.766. The largest absolute Gasteiger partial charge is 0.465 e. The molecule has 0 saturated carbocycles. The summed E-state index contributed by atoms with van der Waals surface area (Å²) in [7, 11) is 0. The summed E-state index contributed by atoms with van der Waals surface area (Å²) in [5.74, 6) is 0.710. The minimum atomic E-state index is -0.130. The van der Waals surface area contributed by atoms with Gasteiger partial charge in [-0.25, -0.2) is 4.98 Å². The number of oxazole rings is 1. The number of hydrogen-bond acceptors (Lipinski definition) is 5. The summed E-state index contributed by atoms with van der Waals surface area (Å²) in [5.41, 5.74) is 0.909. The van der Waals surface area contributed by atoms with E-state index in [0.29, 0.717) is 13.2 Å². The van der Waals surface area contributed by atoms with Crippen molar-refractivity contribution in [2.24, 2.45) is 0 Å². The summed E-state index contributed by atoms with van der Waals surface area (Å²) >= 11 is 0. The van der Waals surface area contributed by atoms with E-state index in [1.807, 2.05) is 13.8 Å². The number of piperidine rings is 1. The number of ether oxygens (including phenoxy) is 1. The van der Waals surface area contributed by atoms with E-state index in [1.165, 1.54) is 6.39 Å². The number of hydrogen-bond donors (Lipinski definition) is 0. The molecule has 1 aromatic rings. The second-order valence-corrected chi connectivity index (χ2v) is 4.59. The second kappa shape index (κ2) is 6.00. The van der Waals surface area contributed by atoms with Crippen molar-refractivity contribution in [3.05, 3.63) is 17.8 Å². The zero-order valence-electron chi connectivity index (χ0n) is 11.0. The molecule has 1 aliphatic heterocycles. The van der Waals surface area contributed by atoms with E-state index in [4.69, 9.17) is 9.15 Å². The van der Waals surface area contributed by atoms with Crippen molar-refractivity contribution in [3.63, 3.8) is 0 Å². The molecule has 1 unspecified atom stereocenters. The van der Waals surface area contributed by atoms with Crippen LogP contribution in [0.25, 0.3) is 0 Å². The van der Waals surface area contributed by atoms with Crippen molar-refractivity contribution in [3.8, 4) is 0 Å². The van der Waals surface area contributed by atoms with Crippen LogP contribution in [-0.2, 0) is 16.1 Å². The summed E-state index contributed by atoms with van der Waals surface area (Å²) in [6, 6.07) is -0.130. The highest BCUT2D eigenvalue weighted by Gasteiger charge is 2.30. The molecule has 1 fully saturated rings. The van der Waals surface area contributed by atoms with E-state index in [0.717, 1.165) is 37.3 Å². The van der Waals surface area contributed by atoms with E-state index < -0.39 is 0 Å². The molecule has 5 nitrogen and oxygen atoms in total. The summed E-state index contributed by atoms with van der Waals surface area (Å²) < 4.78 is 10.3. The number of nitrogens with zero attached hydrogens (tertiary/aromatic N) is 2. The Morgan fingerprint density at radius 3 is 3.11 bits per heavy atom. The third kappa shape index (κ3) is 2.90. The first-order valence-electron chi connectivity index (χ1n) is 6.52. The van der Waals surface area contributed by atoms with Crippen LogP contribution in [0.1, 0.15) is 37.6 Å². The van der Waals surface area contributed by atoms with Crippen LogP contribution in [0.4, 0.5) is 0 Å². The summed E-state index contributed by atoms with van der Waals surface area (Å²) in [6.45, 7) is 5.74. The maximum Gasteiger partial charge on any atom is 0.323 e. The molecule has 0 aliphatic carbocycles. The monoisotopic (exact) mass is 252 g/mol. The highest BCUT2D eigenvalue weighted by molar-refractivity contribution is 5.75. The predicted molar refractivity (Wildman–Crippen MR) is 65.9 cm³/mol. The number of esters is 1. The van der Waals surface area contributed by atoms with Gasteiger partial charge >= 0.3 is 5.97 Å². The van der Waals surface area contributed by atoms with Crippen LogP contribution in [-0.4, -0.2) is 35.0 Å². The molecule has 0 amide bonds. The zero-order valence-corrected chi connectivity index (χ0v) is 11.0. The van der Waals surface area contributed by atoms with Gasteiger partial charge in [-0.15, -0.1) is 0 Å². The van der Waals surface area contributed by atoms with Gasteiger partial charge in [0.1, 0.15) is 11.8 Å². The fourth-order valence-electron chi connectivity index (χ4n) is 2.36. The predicted octanol–water partition coefficient (Wildman–Crippen LogP) is 1.90. The highest BCUT2D eigenvalue weighted by Crippen LogP contribution is 2.21. The van der Waals surface area contributed by atoms with E-state index in [-0.39, 0.29) is 12.0 Å². The van der Waals surface area contributed by atoms with Gasteiger partial charge in [-0.2, -0.15) is 0 Å². The van der Waals surface area contributed by atoms with Crippen molar-refractivity contribution < 1.29 is 13.9 Å². The van der Waals surface area contributed by atoms with Crippen LogP contribution in [0, 0.1) is 6.92 Å². The highest BCUT2D eigenvalue weighted by atomic mass is 16.5. The van der Waals surface area contributed by atoms with E-state index in [1.54, 1.807) is 0 Å². The molecular weight excluding hydrogens is 232 g/mol. The fourth-order valence-corrected chi connectivity index (χ4v) is 2.36. The molecule has 1 aromatic heterocycles. The minimum Gasteiger partial charge on any atom is -0.465 e. The van der Waals surface area contributed by atoms with Gasteiger partial charge in [0.15, 0.2) is 6.39 Å². The molecule has 100 valence electrons. The average Bonchev–Trinajstić information content (AvgIpc) is 2.76. The Balaban J connectivity index is 2.04. The number of aryl methyl sites for hydroxylation is 1. The van der Waals surface area contributed by atoms with Gasteiger partial charge < -0.3 is 9.15 Å². The molecule has 0 radical (unpaired) electrons. The number of carbonyl (C=O) groups is 1. The molecule has 1 saturated heterocycles. The Labute approximate surface area is 107 Å². The molecule has 0 aromatic carbocycles. The van der Waals surface area contributed by atoms with Crippen molar-refractivity contribution in [2.75, 3.05) is 13.2 Å². The Hall–Kier alpha value is -1.36. The lowest BCUT2D eigenvalue weighted by molar-refractivity contribution is -0.151. The van der Waals surface area contributed by atoms with Gasteiger partial charge in [-0.1, -0.05) is 6.42 Å². The molecule has 0 N–H and O–H groups in total. The normalized spacial score (nSPS) is 20.9. The van der Waals surface area contributed by atoms with Crippen LogP contribution in [0.3, 0.4) is 0 Å². The topological polar surface area (TPSA) is 55.6 Å². The average molecular weight is 252 g/mol. The minimum absolute atomic E-state index is 0.113. The van der Waals surface area contributed by atoms with Gasteiger partial charge in [0, 0.05) is 6.54 Å². The Morgan fingerprint density at radius 2 is 2.44 bits per heavy atom.